The molecule has 0 saturated carbocycles. The number of fused-ring (bicyclic) bond motifs is 4. The predicted molar refractivity (Wildman–Crippen MR) is 161 cm³/mol. The zero-order valence-electron chi connectivity index (χ0n) is 23.0. The maximum atomic E-state index is 10.0. The second kappa shape index (κ2) is 12.3. The third kappa shape index (κ3) is 6.65. The number of carbonyl (C=O) groups excluding carboxylic acids is 1. The van der Waals surface area contributed by atoms with Crippen molar-refractivity contribution in [2.24, 2.45) is 0 Å². The molecule has 0 atom stereocenters. The number of pyridine rings is 1. The van der Waals surface area contributed by atoms with Crippen LogP contribution in [0.25, 0.3) is 43.6 Å². The van der Waals surface area contributed by atoms with Gasteiger partial charge < -0.3 is 5.11 Å². The average Bonchev–Trinajstić information content (AvgIpc) is 2.86. The fourth-order valence-electron chi connectivity index (χ4n) is 4.68. The van der Waals surface area contributed by atoms with Gasteiger partial charge in [-0.05, 0) is 13.8 Å². The summed E-state index contributed by atoms with van der Waals surface area (Å²) in [4.78, 5) is 14.8. The van der Waals surface area contributed by atoms with E-state index in [4.69, 9.17) is 10.1 Å². The Labute approximate surface area is 246 Å². The van der Waals surface area contributed by atoms with Crippen molar-refractivity contribution in [3.63, 3.8) is 0 Å². The van der Waals surface area contributed by atoms with Crippen molar-refractivity contribution in [2.75, 3.05) is 0 Å². The molecule has 5 aromatic rings. The molecule has 4 nitrogen and oxygen atoms in total. The summed E-state index contributed by atoms with van der Waals surface area (Å²) >= 11 is -1.91. The van der Waals surface area contributed by atoms with Crippen LogP contribution < -0.4 is 4.40 Å². The number of aromatic nitrogens is 1. The second-order valence-corrected chi connectivity index (χ2v) is 21.3. The molecule has 199 valence electrons. The fraction of sp³-hybridized carbons (Fsp3) is 0.182. The van der Waals surface area contributed by atoms with Gasteiger partial charge in [-0.3, -0.25) is 4.79 Å². The van der Waals surface area contributed by atoms with Gasteiger partial charge in [-0.25, -0.2) is 0 Å². The van der Waals surface area contributed by atoms with E-state index in [0.717, 1.165) is 27.4 Å². The molecule has 1 aromatic heterocycles. The summed E-state index contributed by atoms with van der Waals surface area (Å²) in [5, 5.41) is 24.8. The third-order valence-electron chi connectivity index (χ3n) is 6.51. The van der Waals surface area contributed by atoms with Crippen LogP contribution in [-0.2, 0) is 24.9 Å². The van der Waals surface area contributed by atoms with E-state index < -0.39 is 13.3 Å². The summed E-state index contributed by atoms with van der Waals surface area (Å²) in [6.07, 6.45) is 3.04. The quantitative estimate of drug-likeness (QED) is 0.0673. The number of aliphatic hydroxyl groups excluding tert-OH is 1. The predicted octanol–water partition coefficient (Wildman–Crippen LogP) is 7.77. The molecule has 6 heteroatoms. The zero-order valence-corrected chi connectivity index (χ0v) is 27.5. The summed E-state index contributed by atoms with van der Waals surface area (Å²) in [7, 11) is 0. The Kier molecular flexibility index (Phi) is 9.51. The standard InChI is InChI=1S/C28H23GeN2.C5H8O2.Ir/c1-18-13-27-25(24-10-9-22(16-26(18)24)29(2,3)4)11-12-31-28(27)20-14-19-7-5-6-8-23(19)21(15-20)17-30;1-4(6)3-5(2)7;/h5-13,15-16H,1-4H3;3,6H,1-2H3;/q-1;;/b;4-3-;. The van der Waals surface area contributed by atoms with Crippen molar-refractivity contribution in [1.29, 1.82) is 5.26 Å². The Morgan fingerprint density at radius 2 is 1.64 bits per heavy atom. The molecule has 0 aliphatic rings. The van der Waals surface area contributed by atoms with Gasteiger partial charge in [0, 0.05) is 26.2 Å². The van der Waals surface area contributed by atoms with E-state index in [2.05, 4.69) is 66.7 Å². The summed E-state index contributed by atoms with van der Waals surface area (Å²) in [5.41, 5.74) is 3.65. The number of aliphatic hydroxyl groups is 1. The van der Waals surface area contributed by atoms with Gasteiger partial charge in [-0.15, -0.1) is 0 Å². The minimum absolute atomic E-state index is 0. The Balaban J connectivity index is 0.000000468. The van der Waals surface area contributed by atoms with Crippen LogP contribution in [0.5, 0.6) is 0 Å². The molecule has 0 unspecified atom stereocenters. The van der Waals surface area contributed by atoms with Crippen molar-refractivity contribution in [3.8, 4) is 17.3 Å². The molecule has 5 rings (SSSR count). The molecule has 0 fully saturated rings. The van der Waals surface area contributed by atoms with E-state index in [1.54, 1.807) is 0 Å². The number of hydrogen-bond acceptors (Lipinski definition) is 4. The summed E-state index contributed by atoms with van der Waals surface area (Å²) in [6, 6.07) is 27.0. The number of aryl methyl sites for hydroxylation is 1. The molecule has 1 heterocycles. The van der Waals surface area contributed by atoms with Crippen molar-refractivity contribution in [1.82, 2.24) is 4.98 Å². The molecule has 0 bridgehead atoms. The van der Waals surface area contributed by atoms with Gasteiger partial charge in [-0.2, -0.15) is 0 Å². The smallest absolute Gasteiger partial charge is 0 e. The van der Waals surface area contributed by atoms with Crippen LogP contribution in [0.3, 0.4) is 0 Å². The van der Waals surface area contributed by atoms with Gasteiger partial charge >= 0.3 is 180 Å². The molecule has 4 aromatic carbocycles. The number of rotatable bonds is 3. The fourth-order valence-corrected chi connectivity index (χ4v) is 7.11. The number of benzene rings is 4. The third-order valence-corrected chi connectivity index (χ3v) is 10.8. The van der Waals surface area contributed by atoms with E-state index in [1.165, 1.54) is 46.0 Å². The molecule has 0 spiro atoms. The maximum Gasteiger partial charge on any atom is 0 e. The monoisotopic (exact) mass is 754 g/mol. The topological polar surface area (TPSA) is 74.0 Å². The molecular weight excluding hydrogens is 721 g/mol. The molecule has 0 aliphatic carbocycles. The maximum absolute atomic E-state index is 10.0. The number of nitriles is 1. The van der Waals surface area contributed by atoms with Gasteiger partial charge in [0.2, 0.25) is 0 Å². The molecule has 0 aliphatic heterocycles. The van der Waals surface area contributed by atoms with Crippen molar-refractivity contribution in [3.05, 3.63) is 95.9 Å². The Bertz CT molecular complexity index is 1780. The average molecular weight is 752 g/mol. The molecule has 1 N–H and O–H groups in total. The number of allylic oxidation sites excluding steroid dienone is 2. The van der Waals surface area contributed by atoms with E-state index in [-0.39, 0.29) is 31.6 Å². The summed E-state index contributed by atoms with van der Waals surface area (Å²) < 4.78 is 1.52. The van der Waals surface area contributed by atoms with Gasteiger partial charge in [-0.1, -0.05) is 6.07 Å². The Morgan fingerprint density at radius 3 is 2.26 bits per heavy atom. The molecule has 0 saturated heterocycles. The van der Waals surface area contributed by atoms with Gasteiger partial charge in [0.1, 0.15) is 0 Å². The summed E-state index contributed by atoms with van der Waals surface area (Å²) in [6.45, 7) is 5.03. The second-order valence-electron chi connectivity index (χ2n) is 10.6. The minimum Gasteiger partial charge on any atom is 0 e. The SMILES string of the molecule is CC(=O)/C=C(/C)O.Cc1cc2c(-c3[c-]c4ccccc4c(C#N)c3)nccc2c2cc[c]([Ge]([CH3])([CH3])[CH3])cc12.[Ir]. The van der Waals surface area contributed by atoms with Crippen molar-refractivity contribution >= 4 is 55.8 Å². The first-order valence-electron chi connectivity index (χ1n) is 12.6. The Hall–Kier alpha value is -3.30. The van der Waals surface area contributed by atoms with Gasteiger partial charge in [0.25, 0.3) is 0 Å². The van der Waals surface area contributed by atoms with E-state index >= 15 is 0 Å². The normalized spacial score (nSPS) is 11.5. The Morgan fingerprint density at radius 1 is 0.949 bits per heavy atom. The van der Waals surface area contributed by atoms with E-state index in [9.17, 15) is 10.1 Å². The van der Waals surface area contributed by atoms with Crippen molar-refractivity contribution in [2.45, 2.75) is 38.0 Å². The van der Waals surface area contributed by atoms with Gasteiger partial charge in [0.15, 0.2) is 5.78 Å². The first-order valence-corrected chi connectivity index (χ1v) is 19.9. The van der Waals surface area contributed by atoms with E-state index in [1.807, 2.05) is 36.5 Å². The molecular formula is C33H31GeIrN2O2-. The van der Waals surface area contributed by atoms with Crippen LogP contribution in [0.15, 0.2) is 78.7 Å². The van der Waals surface area contributed by atoms with Crippen LogP contribution in [0.1, 0.15) is 25.0 Å². The molecule has 0 amide bonds. The number of hydrogen-bond donors (Lipinski definition) is 1. The summed E-state index contributed by atoms with van der Waals surface area (Å²) in [5.74, 6) is 7.23. The number of nitrogens with zero attached hydrogens (tertiary/aromatic N) is 2. The molecule has 39 heavy (non-hydrogen) atoms. The number of ketones is 1. The molecule has 1 radical (unpaired) electrons. The largest absolute Gasteiger partial charge is 0 e. The van der Waals surface area contributed by atoms with Crippen LogP contribution >= 0.6 is 0 Å². The van der Waals surface area contributed by atoms with Crippen LogP contribution in [0.4, 0.5) is 0 Å². The van der Waals surface area contributed by atoms with Crippen LogP contribution in [0, 0.1) is 24.3 Å². The van der Waals surface area contributed by atoms with E-state index in [0.29, 0.717) is 5.56 Å². The zero-order chi connectivity index (χ0) is 27.6. The number of carbonyl (C=O) groups is 1. The minimum atomic E-state index is -1.91. The first kappa shape index (κ1) is 30.2. The van der Waals surface area contributed by atoms with Crippen molar-refractivity contribution < 1.29 is 30.0 Å². The first-order chi connectivity index (χ1) is 18.0. The van der Waals surface area contributed by atoms with Crippen LogP contribution in [-0.4, -0.2) is 29.1 Å². The van der Waals surface area contributed by atoms with Gasteiger partial charge in [0.05, 0.1) is 5.76 Å². The van der Waals surface area contributed by atoms with Crippen LogP contribution in [0.2, 0.25) is 17.3 Å².